The van der Waals surface area contributed by atoms with E-state index in [0.29, 0.717) is 0 Å². The Hall–Kier alpha value is -0.780. The van der Waals surface area contributed by atoms with Crippen LogP contribution in [0.15, 0.2) is 24.3 Å². The lowest BCUT2D eigenvalue weighted by molar-refractivity contribution is 0.102. The molecule has 0 radical (unpaired) electrons. The summed E-state index contributed by atoms with van der Waals surface area (Å²) in [5, 5.41) is 0. The number of hydrogen-bond donors (Lipinski definition) is 0. The molecule has 2 saturated carbocycles. The molecule has 3 atom stereocenters. The van der Waals surface area contributed by atoms with Crippen LogP contribution in [-0.2, 0) is 6.42 Å². The van der Waals surface area contributed by atoms with Crippen LogP contribution in [0, 0.1) is 23.7 Å². The number of hydrogen-bond acceptors (Lipinski definition) is 0. The first kappa shape index (κ1) is 20.0. The third-order valence-electron chi connectivity index (χ3n) is 7.69. The van der Waals surface area contributed by atoms with E-state index in [1.807, 2.05) is 0 Å². The average Bonchev–Trinajstić information content (AvgIpc) is 2.67. The quantitative estimate of drug-likeness (QED) is 0.463. The molecular weight excluding hydrogens is 312 g/mol. The lowest BCUT2D eigenvalue weighted by atomic mass is 9.64. The van der Waals surface area contributed by atoms with Crippen molar-refractivity contribution in [1.29, 1.82) is 0 Å². The molecule has 0 amide bonds. The third-order valence-corrected chi connectivity index (χ3v) is 7.69. The van der Waals surface area contributed by atoms with Crippen LogP contribution in [0.5, 0.6) is 0 Å². The van der Waals surface area contributed by atoms with E-state index < -0.39 is 0 Å². The van der Waals surface area contributed by atoms with Crippen molar-refractivity contribution in [3.8, 4) is 0 Å². The van der Waals surface area contributed by atoms with E-state index in [1.54, 1.807) is 5.56 Å². The lowest BCUT2D eigenvalue weighted by Gasteiger charge is -2.42. The summed E-state index contributed by atoms with van der Waals surface area (Å²) >= 11 is 0. The predicted molar refractivity (Wildman–Crippen MR) is 115 cm³/mol. The molecule has 146 valence electrons. The minimum absolute atomic E-state index is 0.832. The maximum atomic E-state index is 2.56. The normalized spacial score (nSPS) is 32.5. The number of benzene rings is 1. The molecule has 0 bridgehead atoms. The summed E-state index contributed by atoms with van der Waals surface area (Å²) in [5.41, 5.74) is 3.14. The van der Waals surface area contributed by atoms with E-state index in [9.17, 15) is 0 Å². The summed E-state index contributed by atoms with van der Waals surface area (Å²) in [4.78, 5) is 0. The molecule has 0 heterocycles. The summed E-state index contributed by atoms with van der Waals surface area (Å²) in [6.07, 6.45) is 17.1. The molecule has 2 aliphatic carbocycles. The van der Waals surface area contributed by atoms with Crippen LogP contribution in [-0.4, -0.2) is 0 Å². The van der Waals surface area contributed by atoms with Gasteiger partial charge in [-0.3, -0.25) is 0 Å². The van der Waals surface area contributed by atoms with Crippen LogP contribution >= 0.6 is 0 Å². The van der Waals surface area contributed by atoms with Crippen molar-refractivity contribution in [2.75, 3.05) is 0 Å². The molecule has 1 aromatic rings. The molecule has 2 fully saturated rings. The first-order chi connectivity index (χ1) is 12.7. The molecule has 0 nitrogen and oxygen atoms in total. The summed E-state index contributed by atoms with van der Waals surface area (Å²) in [5.74, 6) is 4.89. The van der Waals surface area contributed by atoms with Gasteiger partial charge in [0.15, 0.2) is 0 Å². The maximum absolute atomic E-state index is 2.56. The molecule has 0 aromatic heterocycles. The highest BCUT2D eigenvalue weighted by molar-refractivity contribution is 5.26. The fraction of sp³-hybridized carbons (Fsp3) is 0.769. The van der Waals surface area contributed by atoms with Crippen LogP contribution < -0.4 is 0 Å². The number of unbranched alkanes of at least 4 members (excludes halogenated alkanes) is 1. The highest BCUT2D eigenvalue weighted by Crippen LogP contribution is 2.46. The van der Waals surface area contributed by atoms with Gasteiger partial charge in [0.25, 0.3) is 0 Å². The van der Waals surface area contributed by atoms with E-state index in [-0.39, 0.29) is 0 Å². The van der Waals surface area contributed by atoms with Gasteiger partial charge in [-0.05, 0) is 92.1 Å². The van der Waals surface area contributed by atoms with E-state index in [4.69, 9.17) is 0 Å². The summed E-state index contributed by atoms with van der Waals surface area (Å²) in [7, 11) is 0. The molecule has 0 spiro atoms. The van der Waals surface area contributed by atoms with Crippen molar-refractivity contribution in [1.82, 2.24) is 0 Å². The molecule has 2 aliphatic rings. The highest BCUT2D eigenvalue weighted by atomic mass is 14.4. The van der Waals surface area contributed by atoms with Crippen LogP contribution in [0.3, 0.4) is 0 Å². The summed E-state index contributed by atoms with van der Waals surface area (Å²) < 4.78 is 0. The van der Waals surface area contributed by atoms with Gasteiger partial charge in [-0.15, -0.1) is 0 Å². The Labute approximate surface area is 163 Å². The van der Waals surface area contributed by atoms with Gasteiger partial charge in [0.05, 0.1) is 0 Å². The first-order valence-electron chi connectivity index (χ1n) is 11.8. The lowest BCUT2D eigenvalue weighted by Crippen LogP contribution is -2.31. The van der Waals surface area contributed by atoms with Gasteiger partial charge in [-0.25, -0.2) is 0 Å². The minimum Gasteiger partial charge on any atom is -0.0654 e. The van der Waals surface area contributed by atoms with Crippen LogP contribution in [0.1, 0.15) is 108 Å². The molecule has 1 aromatic carbocycles. The highest BCUT2D eigenvalue weighted by Gasteiger charge is 2.34. The molecular formula is C26H42. The zero-order valence-electron chi connectivity index (χ0n) is 17.7. The Morgan fingerprint density at radius 3 is 2.19 bits per heavy atom. The van der Waals surface area contributed by atoms with Crippen molar-refractivity contribution in [3.63, 3.8) is 0 Å². The Morgan fingerprint density at radius 2 is 1.58 bits per heavy atom. The fourth-order valence-electron chi connectivity index (χ4n) is 6.12. The van der Waals surface area contributed by atoms with Gasteiger partial charge < -0.3 is 0 Å². The van der Waals surface area contributed by atoms with Crippen molar-refractivity contribution in [2.45, 2.75) is 104 Å². The second-order valence-electron chi connectivity index (χ2n) is 9.57. The maximum Gasteiger partial charge on any atom is -0.0162 e. The van der Waals surface area contributed by atoms with E-state index in [1.165, 1.54) is 82.6 Å². The van der Waals surface area contributed by atoms with Crippen molar-refractivity contribution >= 4 is 0 Å². The van der Waals surface area contributed by atoms with Gasteiger partial charge in [0.2, 0.25) is 0 Å². The largest absolute Gasteiger partial charge is 0.0654 e. The third kappa shape index (κ3) is 5.14. The molecule has 3 rings (SSSR count). The van der Waals surface area contributed by atoms with Crippen LogP contribution in [0.2, 0.25) is 0 Å². The van der Waals surface area contributed by atoms with Crippen molar-refractivity contribution in [2.24, 2.45) is 23.7 Å². The van der Waals surface area contributed by atoms with E-state index in [0.717, 1.165) is 29.6 Å². The smallest absolute Gasteiger partial charge is 0.0162 e. The minimum atomic E-state index is 0.832. The number of aryl methyl sites for hydroxylation is 1. The Morgan fingerprint density at radius 1 is 0.846 bits per heavy atom. The van der Waals surface area contributed by atoms with Crippen LogP contribution in [0.4, 0.5) is 0 Å². The summed E-state index contributed by atoms with van der Waals surface area (Å²) in [6, 6.07) is 9.67. The second-order valence-corrected chi connectivity index (χ2v) is 9.57. The zero-order chi connectivity index (χ0) is 18.4. The zero-order valence-corrected chi connectivity index (χ0v) is 17.7. The van der Waals surface area contributed by atoms with Crippen molar-refractivity contribution in [3.05, 3.63) is 35.4 Å². The fourth-order valence-corrected chi connectivity index (χ4v) is 6.12. The Bertz CT molecular complexity index is 505. The van der Waals surface area contributed by atoms with E-state index >= 15 is 0 Å². The molecule has 26 heavy (non-hydrogen) atoms. The van der Waals surface area contributed by atoms with Gasteiger partial charge in [-0.1, -0.05) is 70.7 Å². The Balaban J connectivity index is 1.48. The standard InChI is InChI=1S/C26H42/c1-4-6-8-21-9-12-23(13-10-21)24-14-16-25(17-15-24)26-18-11-22(7-5-2)19-20(26)3/h9-10,12-13,20,22,24-26H,4-8,11,14-19H2,1-3H3. The number of rotatable bonds is 7. The first-order valence-corrected chi connectivity index (χ1v) is 11.8. The molecule has 0 N–H and O–H groups in total. The van der Waals surface area contributed by atoms with Gasteiger partial charge in [-0.2, -0.15) is 0 Å². The van der Waals surface area contributed by atoms with Gasteiger partial charge in [0.1, 0.15) is 0 Å². The Kier molecular flexibility index (Phi) is 7.64. The average molecular weight is 355 g/mol. The summed E-state index contributed by atoms with van der Waals surface area (Å²) in [6.45, 7) is 7.20. The molecule has 0 heteroatoms. The van der Waals surface area contributed by atoms with Crippen molar-refractivity contribution < 1.29 is 0 Å². The topological polar surface area (TPSA) is 0 Å². The molecule has 0 saturated heterocycles. The van der Waals surface area contributed by atoms with Gasteiger partial charge in [0, 0.05) is 0 Å². The molecule has 0 aliphatic heterocycles. The predicted octanol–water partition coefficient (Wildman–Crippen LogP) is 8.16. The SMILES string of the molecule is CCCCc1ccc(C2CCC(C3CCC(CCC)CC3C)CC2)cc1. The van der Waals surface area contributed by atoms with Crippen LogP contribution in [0.25, 0.3) is 0 Å². The monoisotopic (exact) mass is 354 g/mol. The second kappa shape index (κ2) is 9.95. The van der Waals surface area contributed by atoms with Gasteiger partial charge >= 0.3 is 0 Å². The van der Waals surface area contributed by atoms with E-state index in [2.05, 4.69) is 45.0 Å². The molecule has 3 unspecified atom stereocenters.